The Kier molecular flexibility index (Phi) is 1.78. The molecule has 0 spiro atoms. The van der Waals surface area contributed by atoms with Gasteiger partial charge >= 0.3 is 6.18 Å². The Labute approximate surface area is 67.0 Å². The summed E-state index contributed by atoms with van der Waals surface area (Å²) in [6, 6.07) is 0. The topological polar surface area (TPSA) is 43.8 Å². The molecule has 1 rings (SSSR count). The average Bonchev–Trinajstić information content (AvgIpc) is 2.05. The normalized spacial score (nSPS) is 12.1. The standard InChI is InChI=1S/C6H8F3N3/c1-3-4(6(7,8)9)5(10)12(2)11-3/h10H2,1-2H3. The van der Waals surface area contributed by atoms with Gasteiger partial charge in [0.25, 0.3) is 0 Å². The molecule has 0 aliphatic rings. The summed E-state index contributed by atoms with van der Waals surface area (Å²) in [7, 11) is 1.37. The van der Waals surface area contributed by atoms with E-state index in [9.17, 15) is 13.2 Å². The fourth-order valence-electron chi connectivity index (χ4n) is 1.03. The van der Waals surface area contributed by atoms with E-state index in [4.69, 9.17) is 5.73 Å². The molecule has 12 heavy (non-hydrogen) atoms. The Balaban J connectivity index is 3.32. The van der Waals surface area contributed by atoms with Crippen molar-refractivity contribution in [3.8, 4) is 0 Å². The lowest BCUT2D eigenvalue weighted by atomic mass is 10.2. The minimum atomic E-state index is -4.41. The van der Waals surface area contributed by atoms with Crippen molar-refractivity contribution in [2.24, 2.45) is 7.05 Å². The molecule has 0 amide bonds. The summed E-state index contributed by atoms with van der Waals surface area (Å²) < 4.78 is 37.6. The van der Waals surface area contributed by atoms with E-state index in [-0.39, 0.29) is 11.5 Å². The Morgan fingerprint density at radius 2 is 1.92 bits per heavy atom. The number of anilines is 1. The third-order valence-corrected chi connectivity index (χ3v) is 1.55. The number of hydrogen-bond donors (Lipinski definition) is 1. The molecule has 0 aliphatic carbocycles. The molecule has 1 aromatic rings. The maximum Gasteiger partial charge on any atom is 0.421 e. The van der Waals surface area contributed by atoms with Crippen molar-refractivity contribution in [2.45, 2.75) is 13.1 Å². The molecule has 2 N–H and O–H groups in total. The fourth-order valence-corrected chi connectivity index (χ4v) is 1.03. The third-order valence-electron chi connectivity index (χ3n) is 1.55. The van der Waals surface area contributed by atoms with Gasteiger partial charge in [-0.1, -0.05) is 0 Å². The first-order chi connectivity index (χ1) is 5.34. The summed E-state index contributed by atoms with van der Waals surface area (Å²) in [5.74, 6) is -0.347. The van der Waals surface area contributed by atoms with E-state index >= 15 is 0 Å². The number of rotatable bonds is 0. The van der Waals surface area contributed by atoms with Crippen molar-refractivity contribution < 1.29 is 13.2 Å². The lowest BCUT2D eigenvalue weighted by Crippen LogP contribution is -2.09. The van der Waals surface area contributed by atoms with E-state index in [1.54, 1.807) is 0 Å². The van der Waals surface area contributed by atoms with Crippen LogP contribution in [-0.4, -0.2) is 9.78 Å². The van der Waals surface area contributed by atoms with Crippen molar-refractivity contribution in [3.05, 3.63) is 11.3 Å². The number of nitrogens with zero attached hydrogens (tertiary/aromatic N) is 2. The van der Waals surface area contributed by atoms with Crippen molar-refractivity contribution >= 4 is 5.82 Å². The predicted molar refractivity (Wildman–Crippen MR) is 37.4 cm³/mol. The SMILES string of the molecule is Cc1nn(C)c(N)c1C(F)(F)F. The van der Waals surface area contributed by atoms with Crippen LogP contribution >= 0.6 is 0 Å². The highest BCUT2D eigenvalue weighted by molar-refractivity contribution is 5.44. The predicted octanol–water partition coefficient (Wildman–Crippen LogP) is 1.33. The highest BCUT2D eigenvalue weighted by atomic mass is 19.4. The Morgan fingerprint density at radius 1 is 1.42 bits per heavy atom. The maximum atomic E-state index is 12.2. The molecular formula is C6H8F3N3. The summed E-state index contributed by atoms with van der Waals surface area (Å²) in [4.78, 5) is 0. The van der Waals surface area contributed by atoms with Crippen LogP contribution in [0, 0.1) is 6.92 Å². The van der Waals surface area contributed by atoms with Crippen LogP contribution < -0.4 is 5.73 Å². The highest BCUT2D eigenvalue weighted by Crippen LogP contribution is 2.35. The molecule has 0 saturated heterocycles. The maximum absolute atomic E-state index is 12.2. The van der Waals surface area contributed by atoms with Gasteiger partial charge in [-0.2, -0.15) is 18.3 Å². The first-order valence-electron chi connectivity index (χ1n) is 3.20. The van der Waals surface area contributed by atoms with Gasteiger partial charge in [0.05, 0.1) is 5.69 Å². The van der Waals surface area contributed by atoms with Crippen LogP contribution in [0.15, 0.2) is 0 Å². The van der Waals surface area contributed by atoms with Crippen molar-refractivity contribution in [2.75, 3.05) is 5.73 Å². The van der Waals surface area contributed by atoms with Crippen LogP contribution in [-0.2, 0) is 13.2 Å². The number of nitrogens with two attached hydrogens (primary N) is 1. The number of aryl methyl sites for hydroxylation is 2. The van der Waals surface area contributed by atoms with Crippen LogP contribution in [0.25, 0.3) is 0 Å². The number of aromatic nitrogens is 2. The molecule has 1 heterocycles. The van der Waals surface area contributed by atoms with E-state index in [0.717, 1.165) is 4.68 Å². The molecule has 0 fully saturated rings. The Morgan fingerprint density at radius 3 is 2.08 bits per heavy atom. The van der Waals surface area contributed by atoms with Gasteiger partial charge in [-0.15, -0.1) is 0 Å². The van der Waals surface area contributed by atoms with Crippen LogP contribution in [0.5, 0.6) is 0 Å². The molecule has 3 nitrogen and oxygen atoms in total. The van der Waals surface area contributed by atoms with Crippen LogP contribution in [0.3, 0.4) is 0 Å². The number of halogens is 3. The molecule has 0 bridgehead atoms. The third kappa shape index (κ3) is 1.24. The number of nitrogen functional groups attached to an aromatic ring is 1. The smallest absolute Gasteiger partial charge is 0.383 e. The number of hydrogen-bond acceptors (Lipinski definition) is 2. The Bertz CT molecular complexity index is 300. The van der Waals surface area contributed by atoms with Crippen LogP contribution in [0.4, 0.5) is 19.0 Å². The van der Waals surface area contributed by atoms with Gasteiger partial charge < -0.3 is 5.73 Å². The van der Waals surface area contributed by atoms with Gasteiger partial charge in [0.15, 0.2) is 0 Å². The molecule has 0 unspecified atom stereocenters. The Hall–Kier alpha value is -1.20. The molecule has 0 atom stereocenters. The first-order valence-corrected chi connectivity index (χ1v) is 3.20. The van der Waals surface area contributed by atoms with Crippen molar-refractivity contribution in [1.82, 2.24) is 9.78 Å². The number of alkyl halides is 3. The zero-order chi connectivity index (χ0) is 9.52. The lowest BCUT2D eigenvalue weighted by Gasteiger charge is -2.05. The van der Waals surface area contributed by atoms with Gasteiger partial charge in [-0.25, -0.2) is 0 Å². The zero-order valence-corrected chi connectivity index (χ0v) is 6.61. The molecule has 6 heteroatoms. The molecule has 0 saturated carbocycles. The van der Waals surface area contributed by atoms with E-state index in [1.165, 1.54) is 14.0 Å². The monoisotopic (exact) mass is 179 g/mol. The second kappa shape index (κ2) is 2.40. The van der Waals surface area contributed by atoms with E-state index in [0.29, 0.717) is 0 Å². The second-order valence-electron chi connectivity index (χ2n) is 2.47. The molecule has 0 aliphatic heterocycles. The van der Waals surface area contributed by atoms with Crippen LogP contribution in [0.2, 0.25) is 0 Å². The minimum absolute atomic E-state index is 0.0949. The van der Waals surface area contributed by atoms with Gasteiger partial charge in [0, 0.05) is 7.05 Å². The summed E-state index contributed by atoms with van der Waals surface area (Å²) >= 11 is 0. The average molecular weight is 179 g/mol. The van der Waals surface area contributed by atoms with Gasteiger partial charge in [0.1, 0.15) is 11.4 Å². The molecule has 0 aromatic carbocycles. The molecule has 1 aromatic heterocycles. The summed E-state index contributed by atoms with van der Waals surface area (Å²) in [5, 5.41) is 3.55. The van der Waals surface area contributed by atoms with Gasteiger partial charge in [-0.05, 0) is 6.92 Å². The molecule has 68 valence electrons. The zero-order valence-electron chi connectivity index (χ0n) is 6.61. The van der Waals surface area contributed by atoms with E-state index in [2.05, 4.69) is 5.10 Å². The van der Waals surface area contributed by atoms with E-state index < -0.39 is 11.7 Å². The second-order valence-corrected chi connectivity index (χ2v) is 2.47. The molecular weight excluding hydrogens is 171 g/mol. The quantitative estimate of drug-likeness (QED) is 0.652. The summed E-state index contributed by atoms with van der Waals surface area (Å²) in [6.07, 6.45) is -4.41. The first kappa shape index (κ1) is 8.89. The van der Waals surface area contributed by atoms with Crippen molar-refractivity contribution in [3.63, 3.8) is 0 Å². The van der Waals surface area contributed by atoms with Gasteiger partial charge in [0.2, 0.25) is 0 Å². The highest BCUT2D eigenvalue weighted by Gasteiger charge is 2.37. The minimum Gasteiger partial charge on any atom is -0.383 e. The van der Waals surface area contributed by atoms with Crippen molar-refractivity contribution in [1.29, 1.82) is 0 Å². The largest absolute Gasteiger partial charge is 0.421 e. The van der Waals surface area contributed by atoms with Crippen LogP contribution in [0.1, 0.15) is 11.3 Å². The fraction of sp³-hybridized carbons (Fsp3) is 0.500. The van der Waals surface area contributed by atoms with E-state index in [1.807, 2.05) is 0 Å². The summed E-state index contributed by atoms with van der Waals surface area (Å²) in [6.45, 7) is 1.28. The summed E-state index contributed by atoms with van der Waals surface area (Å²) in [5.41, 5.74) is 4.23. The van der Waals surface area contributed by atoms with Gasteiger partial charge in [-0.3, -0.25) is 4.68 Å². The molecule has 0 radical (unpaired) electrons. The lowest BCUT2D eigenvalue weighted by molar-refractivity contribution is -0.137.